The minimum absolute atomic E-state index is 0.202. The first-order valence-electron chi connectivity index (χ1n) is 5.80. The predicted molar refractivity (Wildman–Crippen MR) is 74.8 cm³/mol. The number of aryl methyl sites for hydroxylation is 1. The van der Waals surface area contributed by atoms with Gasteiger partial charge in [-0.2, -0.15) is 0 Å². The van der Waals surface area contributed by atoms with Crippen molar-refractivity contribution >= 4 is 33.6 Å². The van der Waals surface area contributed by atoms with E-state index < -0.39 is 5.97 Å². The number of carboxylic acids is 1. The Morgan fingerprint density at radius 1 is 1.42 bits per heavy atom. The van der Waals surface area contributed by atoms with Crippen LogP contribution in [0.4, 0.5) is 0 Å². The van der Waals surface area contributed by atoms with E-state index in [1.54, 1.807) is 34.4 Å². The van der Waals surface area contributed by atoms with Crippen LogP contribution in [0.15, 0.2) is 23.3 Å². The average molecular weight is 293 g/mol. The number of fused-ring (bicyclic) bond motifs is 1. The third-order valence-corrected chi connectivity index (χ3v) is 4.48. The second kappa shape index (κ2) is 5.10. The molecule has 0 atom stereocenters. The highest BCUT2D eigenvalue weighted by molar-refractivity contribution is 7.15. The van der Waals surface area contributed by atoms with Crippen LogP contribution in [0.25, 0.3) is 15.5 Å². The Morgan fingerprint density at radius 3 is 3.05 bits per heavy atom. The van der Waals surface area contributed by atoms with Crippen molar-refractivity contribution in [2.45, 2.75) is 19.3 Å². The highest BCUT2D eigenvalue weighted by Gasteiger charge is 2.10. The molecule has 98 valence electrons. The Bertz CT molecular complexity index is 700. The molecule has 0 aliphatic heterocycles. The Hall–Kier alpha value is -1.73. The van der Waals surface area contributed by atoms with Crippen molar-refractivity contribution in [1.82, 2.24) is 14.4 Å². The average Bonchev–Trinajstić information content (AvgIpc) is 3.03. The molecule has 3 rings (SSSR count). The molecule has 0 saturated carbocycles. The maximum absolute atomic E-state index is 10.5. The van der Waals surface area contributed by atoms with Gasteiger partial charge in [0.15, 0.2) is 4.96 Å². The van der Waals surface area contributed by atoms with Crippen LogP contribution in [0.3, 0.4) is 0 Å². The first kappa shape index (κ1) is 12.3. The summed E-state index contributed by atoms with van der Waals surface area (Å²) in [5.74, 6) is -0.748. The summed E-state index contributed by atoms with van der Waals surface area (Å²) in [5.41, 5.74) is 3.83. The minimum Gasteiger partial charge on any atom is -0.481 e. The molecule has 0 fully saturated rings. The lowest BCUT2D eigenvalue weighted by atomic mass is 10.2. The van der Waals surface area contributed by atoms with E-state index >= 15 is 0 Å². The van der Waals surface area contributed by atoms with Crippen LogP contribution in [0.5, 0.6) is 0 Å². The highest BCUT2D eigenvalue weighted by Crippen LogP contribution is 2.26. The molecule has 0 saturated heterocycles. The second-order valence-electron chi connectivity index (χ2n) is 4.12. The minimum atomic E-state index is -0.748. The highest BCUT2D eigenvalue weighted by atomic mass is 32.1. The van der Waals surface area contributed by atoms with Crippen LogP contribution in [0.2, 0.25) is 0 Å². The number of aliphatic carboxylic acids is 1. The predicted octanol–water partition coefficient (Wildman–Crippen LogP) is 2.93. The van der Waals surface area contributed by atoms with E-state index in [9.17, 15) is 4.79 Å². The molecule has 0 radical (unpaired) electrons. The summed E-state index contributed by atoms with van der Waals surface area (Å²) in [6, 6.07) is 0. The molecule has 3 heterocycles. The van der Waals surface area contributed by atoms with Crippen LogP contribution in [0, 0.1) is 0 Å². The Balaban J connectivity index is 1.84. The van der Waals surface area contributed by atoms with Crippen LogP contribution >= 0.6 is 22.7 Å². The van der Waals surface area contributed by atoms with Gasteiger partial charge >= 0.3 is 5.97 Å². The normalized spacial score (nSPS) is 11.2. The van der Waals surface area contributed by atoms with Gasteiger partial charge in [-0.15, -0.1) is 22.7 Å². The van der Waals surface area contributed by atoms with Gasteiger partial charge in [0.05, 0.1) is 10.4 Å². The molecule has 5 nitrogen and oxygen atoms in total. The molecule has 19 heavy (non-hydrogen) atoms. The summed E-state index contributed by atoms with van der Waals surface area (Å²) >= 11 is 3.14. The monoisotopic (exact) mass is 293 g/mol. The van der Waals surface area contributed by atoms with E-state index in [1.807, 2.05) is 16.0 Å². The van der Waals surface area contributed by atoms with Crippen molar-refractivity contribution in [3.8, 4) is 10.6 Å². The van der Waals surface area contributed by atoms with Gasteiger partial charge in [-0.1, -0.05) is 0 Å². The van der Waals surface area contributed by atoms with E-state index in [0.717, 1.165) is 27.6 Å². The summed E-state index contributed by atoms with van der Waals surface area (Å²) in [4.78, 5) is 21.1. The van der Waals surface area contributed by atoms with Gasteiger partial charge in [0.1, 0.15) is 5.69 Å². The molecule has 3 aromatic heterocycles. The van der Waals surface area contributed by atoms with E-state index in [1.165, 1.54) is 0 Å². The molecular formula is C12H11N3O2S2. The van der Waals surface area contributed by atoms with E-state index in [-0.39, 0.29) is 6.42 Å². The fourth-order valence-corrected chi connectivity index (χ4v) is 3.37. The van der Waals surface area contributed by atoms with Gasteiger partial charge in [-0.25, -0.2) is 4.98 Å². The van der Waals surface area contributed by atoms with Gasteiger partial charge < -0.3 is 5.11 Å². The Kier molecular flexibility index (Phi) is 3.31. The summed E-state index contributed by atoms with van der Waals surface area (Å²) < 4.78 is 2.04. The molecule has 0 aliphatic carbocycles. The zero-order valence-electron chi connectivity index (χ0n) is 9.94. The summed E-state index contributed by atoms with van der Waals surface area (Å²) in [5, 5.41) is 10.7. The number of aromatic nitrogens is 3. The van der Waals surface area contributed by atoms with Gasteiger partial charge in [0, 0.05) is 29.9 Å². The fourth-order valence-electron chi connectivity index (χ4n) is 1.89. The molecule has 0 aliphatic rings. The zero-order valence-corrected chi connectivity index (χ0v) is 11.6. The first-order chi connectivity index (χ1) is 9.24. The van der Waals surface area contributed by atoms with Gasteiger partial charge in [-0.05, 0) is 12.8 Å². The second-order valence-corrected chi connectivity index (χ2v) is 5.84. The lowest BCUT2D eigenvalue weighted by molar-refractivity contribution is -0.137. The summed E-state index contributed by atoms with van der Waals surface area (Å²) in [6.45, 7) is 0. The maximum Gasteiger partial charge on any atom is 0.303 e. The molecule has 0 spiro atoms. The van der Waals surface area contributed by atoms with Crippen molar-refractivity contribution in [3.05, 3.63) is 29.0 Å². The molecule has 0 unspecified atom stereocenters. The maximum atomic E-state index is 10.5. The third kappa shape index (κ3) is 2.52. The lowest BCUT2D eigenvalue weighted by Gasteiger charge is -1.97. The van der Waals surface area contributed by atoms with E-state index in [4.69, 9.17) is 5.11 Å². The number of nitrogens with zero attached hydrogens (tertiary/aromatic N) is 3. The van der Waals surface area contributed by atoms with Crippen LogP contribution in [-0.4, -0.2) is 25.4 Å². The molecule has 0 aromatic carbocycles. The summed E-state index contributed by atoms with van der Waals surface area (Å²) in [6.07, 6.45) is 5.41. The number of hydrogen-bond donors (Lipinski definition) is 1. The molecule has 3 aromatic rings. The quantitative estimate of drug-likeness (QED) is 0.785. The molecule has 7 heteroatoms. The van der Waals surface area contributed by atoms with E-state index in [0.29, 0.717) is 6.42 Å². The van der Waals surface area contributed by atoms with Gasteiger partial charge in [0.25, 0.3) is 0 Å². The van der Waals surface area contributed by atoms with Gasteiger partial charge in [0.2, 0.25) is 0 Å². The van der Waals surface area contributed by atoms with E-state index in [2.05, 4.69) is 9.97 Å². The number of hydrogen-bond acceptors (Lipinski definition) is 5. The Labute approximate surface area is 117 Å². The molecular weight excluding hydrogens is 282 g/mol. The van der Waals surface area contributed by atoms with Crippen molar-refractivity contribution in [2.75, 3.05) is 0 Å². The lowest BCUT2D eigenvalue weighted by Crippen LogP contribution is -1.97. The smallest absolute Gasteiger partial charge is 0.303 e. The molecule has 1 N–H and O–H groups in total. The van der Waals surface area contributed by atoms with Crippen LogP contribution < -0.4 is 0 Å². The number of imidazole rings is 1. The van der Waals surface area contributed by atoms with Crippen molar-refractivity contribution in [2.24, 2.45) is 0 Å². The standard InChI is InChI=1S/C12H11N3O2S2/c16-11(17)3-1-2-8-6-18-12-14-9(5-15(8)12)10-4-13-7-19-10/h4-7H,1-3H2,(H,16,17). The fraction of sp³-hybridized carbons (Fsp3) is 0.250. The molecule has 0 amide bonds. The zero-order chi connectivity index (χ0) is 13.2. The van der Waals surface area contributed by atoms with Crippen molar-refractivity contribution in [3.63, 3.8) is 0 Å². The number of rotatable bonds is 5. The Morgan fingerprint density at radius 2 is 2.32 bits per heavy atom. The largest absolute Gasteiger partial charge is 0.481 e. The van der Waals surface area contributed by atoms with Crippen LogP contribution in [-0.2, 0) is 11.2 Å². The number of thiazole rings is 2. The van der Waals surface area contributed by atoms with Gasteiger partial charge in [-0.3, -0.25) is 14.2 Å². The molecule has 0 bridgehead atoms. The van der Waals surface area contributed by atoms with Crippen molar-refractivity contribution in [1.29, 1.82) is 0 Å². The van der Waals surface area contributed by atoms with Crippen LogP contribution in [0.1, 0.15) is 18.5 Å². The number of carboxylic acid groups (broad SMARTS) is 1. The number of carbonyl (C=O) groups is 1. The SMILES string of the molecule is O=C(O)CCCc1csc2nc(-c3cncs3)cn12. The topological polar surface area (TPSA) is 67.5 Å². The summed E-state index contributed by atoms with van der Waals surface area (Å²) in [7, 11) is 0. The van der Waals surface area contributed by atoms with Crippen molar-refractivity contribution < 1.29 is 9.90 Å². The first-order valence-corrected chi connectivity index (χ1v) is 7.56. The third-order valence-electron chi connectivity index (χ3n) is 2.79.